The van der Waals surface area contributed by atoms with Gasteiger partial charge in [-0.3, -0.25) is 0 Å². The second-order valence-corrected chi connectivity index (χ2v) is 5.92. The first kappa shape index (κ1) is 12.3. The van der Waals surface area contributed by atoms with E-state index in [1.54, 1.807) is 0 Å². The Balaban J connectivity index is 3.32. The highest BCUT2D eigenvalue weighted by atomic mass is 79.9. The molecule has 0 aliphatic heterocycles. The molecule has 0 saturated heterocycles. The molecule has 1 aromatic rings. The average Bonchev–Trinajstić information content (AvgIpc) is 2.07. The van der Waals surface area contributed by atoms with E-state index >= 15 is 0 Å². The first-order chi connectivity index (χ1) is 6.43. The summed E-state index contributed by atoms with van der Waals surface area (Å²) in [6.07, 6.45) is 0. The topological polar surface area (TPSA) is 0 Å². The van der Waals surface area contributed by atoms with Crippen LogP contribution in [-0.4, -0.2) is 0 Å². The molecule has 1 aromatic carbocycles. The molecule has 0 atom stereocenters. The van der Waals surface area contributed by atoms with Gasteiger partial charge in [0.2, 0.25) is 0 Å². The van der Waals surface area contributed by atoms with Crippen molar-refractivity contribution in [3.63, 3.8) is 0 Å². The highest BCUT2D eigenvalue weighted by Gasteiger charge is 2.12. The highest BCUT2D eigenvalue weighted by Crippen LogP contribution is 2.35. The fourth-order valence-electron chi connectivity index (χ4n) is 1.47. The first-order valence-electron chi connectivity index (χ1n) is 4.92. The molecular formula is C12H16Br2. The molecule has 0 nitrogen and oxygen atoms in total. The zero-order valence-electron chi connectivity index (χ0n) is 9.07. The molecule has 0 bridgehead atoms. The van der Waals surface area contributed by atoms with Crippen LogP contribution < -0.4 is 0 Å². The van der Waals surface area contributed by atoms with Crippen molar-refractivity contribution in [3.05, 3.63) is 32.2 Å². The van der Waals surface area contributed by atoms with Gasteiger partial charge < -0.3 is 0 Å². The fraction of sp³-hybridized carbons (Fsp3) is 0.500. The second-order valence-electron chi connectivity index (χ2n) is 4.21. The van der Waals surface area contributed by atoms with Crippen LogP contribution in [-0.2, 0) is 0 Å². The average molecular weight is 320 g/mol. The molecule has 0 aliphatic carbocycles. The quantitative estimate of drug-likeness (QED) is 0.679. The van der Waals surface area contributed by atoms with Crippen molar-refractivity contribution in [3.8, 4) is 0 Å². The molecule has 1 rings (SSSR count). The van der Waals surface area contributed by atoms with Crippen LogP contribution in [0.5, 0.6) is 0 Å². The van der Waals surface area contributed by atoms with Gasteiger partial charge >= 0.3 is 0 Å². The minimum Gasteiger partial charge on any atom is -0.0586 e. The minimum atomic E-state index is 0.555. The molecule has 0 saturated carbocycles. The molecule has 0 aromatic heterocycles. The zero-order chi connectivity index (χ0) is 10.9. The van der Waals surface area contributed by atoms with E-state index in [0.717, 1.165) is 0 Å². The van der Waals surface area contributed by atoms with Gasteiger partial charge in [0.05, 0.1) is 0 Å². The summed E-state index contributed by atoms with van der Waals surface area (Å²) in [5, 5.41) is 0. The van der Waals surface area contributed by atoms with Crippen LogP contribution in [0.25, 0.3) is 0 Å². The molecule has 0 spiro atoms. The van der Waals surface area contributed by atoms with E-state index in [4.69, 9.17) is 0 Å². The van der Waals surface area contributed by atoms with E-state index < -0.39 is 0 Å². The standard InChI is InChI=1S/C12H16Br2/c1-7(2)10-5-9(13)6-11(8(3)4)12(10)14/h5-8H,1-4H3. The Morgan fingerprint density at radius 2 is 1.21 bits per heavy atom. The second kappa shape index (κ2) is 4.80. The predicted molar refractivity (Wildman–Crippen MR) is 70.0 cm³/mol. The SMILES string of the molecule is CC(C)c1cc(Br)cc(C(C)C)c1Br. The van der Waals surface area contributed by atoms with Gasteiger partial charge in [-0.2, -0.15) is 0 Å². The lowest BCUT2D eigenvalue weighted by Crippen LogP contribution is -1.96. The summed E-state index contributed by atoms with van der Waals surface area (Å²) >= 11 is 7.26. The molecule has 0 amide bonds. The summed E-state index contributed by atoms with van der Waals surface area (Å²) in [5.74, 6) is 1.11. The van der Waals surface area contributed by atoms with Crippen molar-refractivity contribution in [1.29, 1.82) is 0 Å². The Morgan fingerprint density at radius 1 is 0.857 bits per heavy atom. The smallest absolute Gasteiger partial charge is 0.0245 e. The van der Waals surface area contributed by atoms with Crippen molar-refractivity contribution in [2.24, 2.45) is 0 Å². The van der Waals surface area contributed by atoms with Gasteiger partial charge in [-0.1, -0.05) is 59.6 Å². The molecular weight excluding hydrogens is 304 g/mol. The van der Waals surface area contributed by atoms with Crippen LogP contribution in [0.2, 0.25) is 0 Å². The van der Waals surface area contributed by atoms with Crippen LogP contribution in [0.15, 0.2) is 21.1 Å². The van der Waals surface area contributed by atoms with Gasteiger partial charge in [0.1, 0.15) is 0 Å². The maximum Gasteiger partial charge on any atom is 0.0245 e. The van der Waals surface area contributed by atoms with E-state index in [9.17, 15) is 0 Å². The third-order valence-corrected chi connectivity index (χ3v) is 3.71. The molecule has 0 heterocycles. The third kappa shape index (κ3) is 2.60. The van der Waals surface area contributed by atoms with E-state index in [1.807, 2.05) is 0 Å². The number of benzene rings is 1. The number of hydrogen-bond acceptors (Lipinski definition) is 0. The molecule has 0 N–H and O–H groups in total. The predicted octanol–water partition coefficient (Wildman–Crippen LogP) is 5.46. The normalized spacial score (nSPS) is 11.4. The van der Waals surface area contributed by atoms with E-state index in [0.29, 0.717) is 11.8 Å². The summed E-state index contributed by atoms with van der Waals surface area (Å²) in [6, 6.07) is 4.39. The Bertz CT molecular complexity index is 298. The number of hydrogen-bond donors (Lipinski definition) is 0. The van der Waals surface area contributed by atoms with Crippen molar-refractivity contribution in [2.75, 3.05) is 0 Å². The van der Waals surface area contributed by atoms with Gasteiger partial charge in [-0.15, -0.1) is 0 Å². The molecule has 0 aliphatic rings. The van der Waals surface area contributed by atoms with Crippen LogP contribution in [0, 0.1) is 0 Å². The van der Waals surface area contributed by atoms with Gasteiger partial charge in [0, 0.05) is 8.95 Å². The van der Waals surface area contributed by atoms with Gasteiger partial charge in [-0.05, 0) is 35.1 Å². The Hall–Kier alpha value is 0.180. The van der Waals surface area contributed by atoms with Crippen molar-refractivity contribution < 1.29 is 0 Å². The summed E-state index contributed by atoms with van der Waals surface area (Å²) in [5.41, 5.74) is 2.76. The summed E-state index contributed by atoms with van der Waals surface area (Å²) in [4.78, 5) is 0. The third-order valence-electron chi connectivity index (χ3n) is 2.34. The Labute approximate surface area is 103 Å². The highest BCUT2D eigenvalue weighted by molar-refractivity contribution is 9.11. The van der Waals surface area contributed by atoms with Gasteiger partial charge in [0.15, 0.2) is 0 Å². The van der Waals surface area contributed by atoms with Crippen LogP contribution >= 0.6 is 31.9 Å². The lowest BCUT2D eigenvalue weighted by molar-refractivity contribution is 0.822. The van der Waals surface area contributed by atoms with E-state index in [1.165, 1.54) is 20.1 Å². The molecule has 14 heavy (non-hydrogen) atoms. The maximum atomic E-state index is 3.70. The molecule has 0 fully saturated rings. The van der Waals surface area contributed by atoms with E-state index in [-0.39, 0.29) is 0 Å². The zero-order valence-corrected chi connectivity index (χ0v) is 12.2. The van der Waals surface area contributed by atoms with Gasteiger partial charge in [-0.25, -0.2) is 0 Å². The molecule has 78 valence electrons. The van der Waals surface area contributed by atoms with Crippen molar-refractivity contribution in [1.82, 2.24) is 0 Å². The lowest BCUT2D eigenvalue weighted by Gasteiger charge is -2.16. The van der Waals surface area contributed by atoms with E-state index in [2.05, 4.69) is 71.7 Å². The number of halogens is 2. The largest absolute Gasteiger partial charge is 0.0586 e. The van der Waals surface area contributed by atoms with Crippen molar-refractivity contribution >= 4 is 31.9 Å². The molecule has 2 heteroatoms. The molecule has 0 unspecified atom stereocenters. The molecule has 0 radical (unpaired) electrons. The summed E-state index contributed by atoms with van der Waals surface area (Å²) in [6.45, 7) is 8.88. The van der Waals surface area contributed by atoms with Gasteiger partial charge in [0.25, 0.3) is 0 Å². The number of rotatable bonds is 2. The monoisotopic (exact) mass is 318 g/mol. The fourth-order valence-corrected chi connectivity index (χ4v) is 3.11. The first-order valence-corrected chi connectivity index (χ1v) is 6.51. The van der Waals surface area contributed by atoms with Crippen LogP contribution in [0.4, 0.5) is 0 Å². The van der Waals surface area contributed by atoms with Crippen LogP contribution in [0.3, 0.4) is 0 Å². The Morgan fingerprint density at radius 3 is 1.50 bits per heavy atom. The van der Waals surface area contributed by atoms with Crippen LogP contribution in [0.1, 0.15) is 50.7 Å². The van der Waals surface area contributed by atoms with Crippen molar-refractivity contribution in [2.45, 2.75) is 39.5 Å². The summed E-state index contributed by atoms with van der Waals surface area (Å²) < 4.78 is 2.44. The minimum absolute atomic E-state index is 0.555. The maximum absolute atomic E-state index is 3.70. The lowest BCUT2D eigenvalue weighted by atomic mass is 9.96. The Kier molecular flexibility index (Phi) is 4.20. The summed E-state index contributed by atoms with van der Waals surface area (Å²) in [7, 11) is 0.